The average Bonchev–Trinajstić information content (AvgIpc) is 2.81. The maximum absolute atomic E-state index is 6.32. The topological polar surface area (TPSA) is 30.5 Å². The third-order valence-corrected chi connectivity index (χ3v) is 4.64. The molecule has 1 N–H and O–H groups in total. The van der Waals surface area contributed by atoms with E-state index in [1.54, 1.807) is 0 Å². The Kier molecular flexibility index (Phi) is 3.48. The molecule has 1 heterocycles. The molecule has 0 amide bonds. The second kappa shape index (κ2) is 5.12. The molecule has 1 aromatic rings. The van der Waals surface area contributed by atoms with Crippen molar-refractivity contribution in [3.05, 3.63) is 17.2 Å². The fourth-order valence-electron chi connectivity index (χ4n) is 3.17. The van der Waals surface area contributed by atoms with Gasteiger partial charge in [0.25, 0.3) is 0 Å². The van der Waals surface area contributed by atoms with Crippen molar-refractivity contribution >= 4 is 17.3 Å². The highest BCUT2D eigenvalue weighted by atomic mass is 35.5. The summed E-state index contributed by atoms with van der Waals surface area (Å²) >= 11 is 6.32. The Bertz CT molecular complexity index is 467. The Morgan fingerprint density at radius 1 is 1.11 bits per heavy atom. The van der Waals surface area contributed by atoms with Crippen LogP contribution in [0.3, 0.4) is 0 Å². The van der Waals surface area contributed by atoms with E-state index in [1.165, 1.54) is 19.3 Å². The lowest BCUT2D eigenvalue weighted by atomic mass is 9.78. The maximum atomic E-state index is 6.32. The molecule has 0 aromatic heterocycles. The number of rotatable bonds is 2. The van der Waals surface area contributed by atoms with Gasteiger partial charge in [0.15, 0.2) is 11.5 Å². The van der Waals surface area contributed by atoms with Crippen LogP contribution >= 0.6 is 11.6 Å². The molecule has 1 fully saturated rings. The lowest BCUT2D eigenvalue weighted by Gasteiger charge is -2.36. The Hall–Kier alpha value is -1.09. The van der Waals surface area contributed by atoms with E-state index in [0.717, 1.165) is 17.2 Å². The highest BCUT2D eigenvalue weighted by Gasteiger charge is 2.28. The molecular weight excluding hydrogens is 262 g/mol. The number of halogens is 1. The third-order valence-electron chi connectivity index (χ3n) is 4.33. The molecule has 0 saturated heterocycles. The van der Waals surface area contributed by atoms with Gasteiger partial charge in [-0.3, -0.25) is 0 Å². The first-order chi connectivity index (χ1) is 9.15. The molecule has 0 spiro atoms. The van der Waals surface area contributed by atoms with E-state index in [4.69, 9.17) is 21.1 Å². The van der Waals surface area contributed by atoms with Crippen molar-refractivity contribution in [1.29, 1.82) is 0 Å². The number of anilines is 1. The fourth-order valence-corrected chi connectivity index (χ4v) is 3.38. The van der Waals surface area contributed by atoms with Crippen molar-refractivity contribution < 1.29 is 9.47 Å². The molecule has 3 rings (SSSR count). The normalized spacial score (nSPS) is 29.3. The zero-order valence-corrected chi connectivity index (χ0v) is 12.2. The lowest BCUT2D eigenvalue weighted by Crippen LogP contribution is -2.37. The highest BCUT2D eigenvalue weighted by molar-refractivity contribution is 6.33. The quantitative estimate of drug-likeness (QED) is 0.876. The number of fused-ring (bicyclic) bond motifs is 1. The molecule has 2 aliphatic rings. The van der Waals surface area contributed by atoms with Gasteiger partial charge in [-0.1, -0.05) is 31.9 Å². The van der Waals surface area contributed by atoms with Crippen LogP contribution in [-0.2, 0) is 0 Å². The number of ether oxygens (including phenoxy) is 2. The first-order valence-corrected chi connectivity index (χ1v) is 7.38. The van der Waals surface area contributed by atoms with Crippen LogP contribution < -0.4 is 14.8 Å². The number of hydrogen-bond acceptors (Lipinski definition) is 3. The Labute approximate surface area is 119 Å². The zero-order valence-electron chi connectivity index (χ0n) is 11.4. The SMILES string of the molecule is CC1CCCC(C)C1Nc1cc2c(cc1Cl)OCO2. The molecule has 1 aliphatic heterocycles. The molecule has 0 radical (unpaired) electrons. The Balaban J connectivity index is 1.82. The highest BCUT2D eigenvalue weighted by Crippen LogP contribution is 2.41. The van der Waals surface area contributed by atoms with Gasteiger partial charge in [-0.25, -0.2) is 0 Å². The van der Waals surface area contributed by atoms with E-state index in [0.29, 0.717) is 22.9 Å². The minimum atomic E-state index is 0.283. The maximum Gasteiger partial charge on any atom is 0.231 e. The van der Waals surface area contributed by atoms with Gasteiger partial charge in [0.2, 0.25) is 6.79 Å². The van der Waals surface area contributed by atoms with Gasteiger partial charge in [0, 0.05) is 18.2 Å². The van der Waals surface area contributed by atoms with Crippen LogP contribution in [-0.4, -0.2) is 12.8 Å². The summed E-state index contributed by atoms with van der Waals surface area (Å²) < 4.78 is 10.7. The third kappa shape index (κ3) is 2.48. The van der Waals surface area contributed by atoms with Crippen LogP contribution in [0.5, 0.6) is 11.5 Å². The number of hydrogen-bond donors (Lipinski definition) is 1. The molecule has 4 heteroatoms. The molecule has 1 aromatic carbocycles. The van der Waals surface area contributed by atoms with E-state index >= 15 is 0 Å². The monoisotopic (exact) mass is 281 g/mol. The molecule has 0 bridgehead atoms. The van der Waals surface area contributed by atoms with Crippen LogP contribution in [0.25, 0.3) is 0 Å². The van der Waals surface area contributed by atoms with Gasteiger partial charge < -0.3 is 14.8 Å². The van der Waals surface area contributed by atoms with Crippen molar-refractivity contribution in [2.24, 2.45) is 11.8 Å². The second-order valence-electron chi connectivity index (χ2n) is 5.74. The smallest absolute Gasteiger partial charge is 0.231 e. The number of benzene rings is 1. The summed E-state index contributed by atoms with van der Waals surface area (Å²) in [6.45, 7) is 4.91. The largest absolute Gasteiger partial charge is 0.454 e. The van der Waals surface area contributed by atoms with Crippen LogP contribution in [0.4, 0.5) is 5.69 Å². The molecule has 2 unspecified atom stereocenters. The second-order valence-corrected chi connectivity index (χ2v) is 6.15. The van der Waals surface area contributed by atoms with E-state index < -0.39 is 0 Å². The van der Waals surface area contributed by atoms with Crippen LogP contribution in [0.15, 0.2) is 12.1 Å². The summed E-state index contributed by atoms with van der Waals surface area (Å²) in [6.07, 6.45) is 3.89. The fraction of sp³-hybridized carbons (Fsp3) is 0.600. The Morgan fingerprint density at radius 2 is 1.74 bits per heavy atom. The van der Waals surface area contributed by atoms with Crippen molar-refractivity contribution in [3.8, 4) is 11.5 Å². The molecule has 3 nitrogen and oxygen atoms in total. The van der Waals surface area contributed by atoms with Crippen LogP contribution in [0.2, 0.25) is 5.02 Å². The van der Waals surface area contributed by atoms with Gasteiger partial charge in [-0.2, -0.15) is 0 Å². The van der Waals surface area contributed by atoms with Crippen LogP contribution in [0.1, 0.15) is 33.1 Å². The van der Waals surface area contributed by atoms with Crippen molar-refractivity contribution in [1.82, 2.24) is 0 Å². The molecule has 1 aliphatic carbocycles. The first-order valence-electron chi connectivity index (χ1n) is 7.01. The summed E-state index contributed by atoms with van der Waals surface area (Å²) in [5, 5.41) is 4.31. The van der Waals surface area contributed by atoms with Gasteiger partial charge in [-0.15, -0.1) is 0 Å². The first kappa shape index (κ1) is 12.9. The standard InChI is InChI=1S/C15H20ClNO2/c1-9-4-3-5-10(2)15(9)17-12-7-14-13(6-11(12)16)18-8-19-14/h6-7,9-10,15,17H,3-5,8H2,1-2H3. The van der Waals surface area contributed by atoms with Crippen molar-refractivity contribution in [2.45, 2.75) is 39.2 Å². The van der Waals surface area contributed by atoms with Crippen LogP contribution in [0, 0.1) is 11.8 Å². The minimum Gasteiger partial charge on any atom is -0.454 e. The number of nitrogens with one attached hydrogen (secondary N) is 1. The van der Waals surface area contributed by atoms with Gasteiger partial charge >= 0.3 is 0 Å². The Morgan fingerprint density at radius 3 is 2.42 bits per heavy atom. The lowest BCUT2D eigenvalue weighted by molar-refractivity contribution is 0.174. The summed E-state index contributed by atoms with van der Waals surface area (Å²) in [4.78, 5) is 0. The van der Waals surface area contributed by atoms with E-state index in [2.05, 4.69) is 19.2 Å². The molecule has 2 atom stereocenters. The summed E-state index contributed by atoms with van der Waals surface area (Å²) in [7, 11) is 0. The summed E-state index contributed by atoms with van der Waals surface area (Å²) in [5.41, 5.74) is 0.955. The van der Waals surface area contributed by atoms with E-state index in [9.17, 15) is 0 Å². The molecular formula is C15H20ClNO2. The average molecular weight is 282 g/mol. The van der Waals surface area contributed by atoms with E-state index in [-0.39, 0.29) is 6.79 Å². The summed E-state index contributed by atoms with van der Waals surface area (Å²) in [5.74, 6) is 2.86. The zero-order chi connectivity index (χ0) is 13.4. The van der Waals surface area contributed by atoms with Gasteiger partial charge in [-0.05, 0) is 24.7 Å². The van der Waals surface area contributed by atoms with E-state index in [1.807, 2.05) is 12.1 Å². The van der Waals surface area contributed by atoms with Crippen molar-refractivity contribution in [2.75, 3.05) is 12.1 Å². The molecule has 1 saturated carbocycles. The van der Waals surface area contributed by atoms with Gasteiger partial charge in [0.05, 0.1) is 10.7 Å². The predicted octanol–water partition coefficient (Wildman–Crippen LogP) is 4.31. The van der Waals surface area contributed by atoms with Crippen molar-refractivity contribution in [3.63, 3.8) is 0 Å². The minimum absolute atomic E-state index is 0.283. The molecule has 104 valence electrons. The molecule has 19 heavy (non-hydrogen) atoms. The summed E-state index contributed by atoms with van der Waals surface area (Å²) in [6, 6.07) is 4.27. The predicted molar refractivity (Wildman–Crippen MR) is 77.2 cm³/mol. The van der Waals surface area contributed by atoms with Gasteiger partial charge in [0.1, 0.15) is 0 Å².